The average molecular weight is 1050 g/mol. The van der Waals surface area contributed by atoms with Crippen LogP contribution < -0.4 is 26.6 Å². The third kappa shape index (κ3) is 7.84. The summed E-state index contributed by atoms with van der Waals surface area (Å²) in [6, 6.07) is 74.5. The van der Waals surface area contributed by atoms with Gasteiger partial charge in [-0.2, -0.15) is 0 Å². The molecule has 2 aliphatic heterocycles. The summed E-state index contributed by atoms with van der Waals surface area (Å²) >= 11 is 0. The van der Waals surface area contributed by atoms with Crippen LogP contribution in [0.4, 0.5) is 34.1 Å². The van der Waals surface area contributed by atoms with Crippen molar-refractivity contribution in [2.75, 3.05) is 9.80 Å². The van der Waals surface area contributed by atoms with E-state index >= 15 is 0 Å². The third-order valence-electron chi connectivity index (χ3n) is 16.9. The molecule has 0 fully saturated rings. The lowest BCUT2D eigenvalue weighted by atomic mass is 9.37. The van der Waals surface area contributed by atoms with Gasteiger partial charge in [-0.15, -0.1) is 0 Å². The highest BCUT2D eigenvalue weighted by Crippen LogP contribution is 2.54. The van der Waals surface area contributed by atoms with Crippen LogP contribution in [0.2, 0.25) is 0 Å². The Balaban J connectivity index is 1.07. The first-order valence-corrected chi connectivity index (χ1v) is 28.3. The van der Waals surface area contributed by atoms with Crippen molar-refractivity contribution in [3.8, 4) is 44.9 Å². The Bertz CT molecular complexity index is 4310. The minimum Gasteiger partial charge on any atom is -0.468 e. The van der Waals surface area contributed by atoms with Crippen LogP contribution in [0.5, 0.6) is 0 Å². The fourth-order valence-corrected chi connectivity index (χ4v) is 12.6. The molecule has 0 aliphatic carbocycles. The molecule has 0 saturated heterocycles. The number of anilines is 6. The predicted octanol–water partition coefficient (Wildman–Crippen LogP) is 19.3. The molecule has 13 aromatic rings. The van der Waals surface area contributed by atoms with Gasteiger partial charge in [0.1, 0.15) is 45.2 Å². The van der Waals surface area contributed by atoms with Crippen LogP contribution in [0.15, 0.2) is 224 Å². The van der Waals surface area contributed by atoms with Crippen molar-refractivity contribution in [2.24, 2.45) is 0 Å². The van der Waals surface area contributed by atoms with E-state index in [1.807, 2.05) is 24.3 Å². The molecule has 0 atom stereocenters. The van der Waals surface area contributed by atoms with Crippen LogP contribution in [0.25, 0.3) is 88.8 Å². The molecule has 7 heteroatoms. The van der Waals surface area contributed by atoms with E-state index in [1.54, 1.807) is 0 Å². The standard InChI is InChI=1S/C74H61BN2O4/c1-72(2,3)50-30-34-63-55(40-50)68-70(80-63)75-67-59(76(68)57-32-28-48(36-53(57)44-20-12-10-13-21-44)65-38-46-24-16-18-26-61(46)78-65)42-52(74(7,8)9)43-60(67)77(69-56-41-51(73(4,5)6)31-35-64(56)81-71(69)75)58-33-29-49(37-54(58)45-22-14-11-15-23-45)66-39-47-25-17-19-27-62(47)79-66/h10-43H,1-9H3. The largest absolute Gasteiger partial charge is 0.468 e. The summed E-state index contributed by atoms with van der Waals surface area (Å²) in [7, 11) is 0. The molecular formula is C74H61BN2O4. The summed E-state index contributed by atoms with van der Waals surface area (Å²) in [5, 5.41) is 4.24. The Hall–Kier alpha value is -9.20. The van der Waals surface area contributed by atoms with E-state index in [9.17, 15) is 0 Å². The third-order valence-corrected chi connectivity index (χ3v) is 16.9. The maximum atomic E-state index is 7.54. The van der Waals surface area contributed by atoms with Crippen molar-refractivity contribution in [2.45, 2.75) is 78.6 Å². The highest BCUT2D eigenvalue weighted by Gasteiger charge is 2.51. The van der Waals surface area contributed by atoms with Gasteiger partial charge < -0.3 is 27.5 Å². The number of hydrogen-bond donors (Lipinski definition) is 0. The van der Waals surface area contributed by atoms with Gasteiger partial charge in [-0.05, 0) is 147 Å². The van der Waals surface area contributed by atoms with Crippen molar-refractivity contribution >= 4 is 101 Å². The molecule has 15 rings (SSSR count). The van der Waals surface area contributed by atoms with E-state index < -0.39 is 6.71 Å². The molecule has 6 heterocycles. The van der Waals surface area contributed by atoms with Gasteiger partial charge in [0.15, 0.2) is 0 Å². The summed E-state index contributed by atoms with van der Waals surface area (Å²) in [6.07, 6.45) is 0. The molecule has 0 radical (unpaired) electrons. The van der Waals surface area contributed by atoms with Gasteiger partial charge in [0.2, 0.25) is 0 Å². The van der Waals surface area contributed by atoms with Crippen LogP contribution in [0.1, 0.15) is 79.0 Å². The van der Waals surface area contributed by atoms with Gasteiger partial charge in [-0.25, -0.2) is 0 Å². The van der Waals surface area contributed by atoms with E-state index in [0.717, 1.165) is 140 Å². The average Bonchev–Trinajstić information content (AvgIpc) is 2.91. The van der Waals surface area contributed by atoms with Gasteiger partial charge in [0.25, 0.3) is 0 Å². The summed E-state index contributed by atoms with van der Waals surface area (Å²) < 4.78 is 28.3. The Labute approximate surface area is 473 Å². The summed E-state index contributed by atoms with van der Waals surface area (Å²) in [6.45, 7) is 20.3. The zero-order valence-corrected chi connectivity index (χ0v) is 47.2. The van der Waals surface area contributed by atoms with Gasteiger partial charge >= 0.3 is 6.71 Å². The summed E-state index contributed by atoms with van der Waals surface area (Å²) in [4.78, 5) is 5.05. The minimum atomic E-state index is -0.428. The molecular weight excluding hydrogens is 992 g/mol. The van der Waals surface area contributed by atoms with Crippen molar-refractivity contribution < 1.29 is 17.7 Å². The van der Waals surface area contributed by atoms with Gasteiger partial charge in [0.05, 0.1) is 22.7 Å². The highest BCUT2D eigenvalue weighted by molar-refractivity contribution is 6.99. The van der Waals surface area contributed by atoms with E-state index in [0.29, 0.717) is 0 Å². The van der Waals surface area contributed by atoms with Crippen LogP contribution >= 0.6 is 0 Å². The first-order chi connectivity index (χ1) is 39.0. The molecule has 2 aliphatic rings. The number of rotatable bonds is 6. The molecule has 0 amide bonds. The van der Waals surface area contributed by atoms with Crippen LogP contribution in [0, 0.1) is 0 Å². The second kappa shape index (κ2) is 17.7. The van der Waals surface area contributed by atoms with Crippen molar-refractivity contribution in [3.63, 3.8) is 0 Å². The zero-order chi connectivity index (χ0) is 55.3. The number of para-hydroxylation sites is 2. The Morgan fingerprint density at radius 3 is 1.14 bits per heavy atom. The molecule has 0 saturated carbocycles. The molecule has 0 unspecified atom stereocenters. The summed E-state index contributed by atoms with van der Waals surface area (Å²) in [5.74, 6) is 1.64. The topological polar surface area (TPSA) is 59.0 Å². The monoisotopic (exact) mass is 1050 g/mol. The number of hydrogen-bond acceptors (Lipinski definition) is 6. The SMILES string of the molecule is CC(C)(C)c1cc2c3c(c1)N(c1ccc(-c4cc5ccccc5o4)cc1-c1ccccc1)c1c(oc4ccc(C(C)(C)C)cc14)B3c1oc3ccc(C(C)(C)C)cc3c1N2c1ccc(-c2cc3ccccc3o2)cc1-c1ccccc1. The number of nitrogens with zero attached hydrogens (tertiary/aromatic N) is 2. The number of furan rings is 4. The van der Waals surface area contributed by atoms with E-state index in [2.05, 4.69) is 254 Å². The Morgan fingerprint density at radius 2 is 0.728 bits per heavy atom. The predicted molar refractivity (Wildman–Crippen MR) is 337 cm³/mol. The number of fused-ring (bicyclic) bond motifs is 10. The first kappa shape index (κ1) is 48.9. The van der Waals surface area contributed by atoms with Crippen LogP contribution in [-0.2, 0) is 16.2 Å². The number of benzene rings is 9. The van der Waals surface area contributed by atoms with Gasteiger partial charge in [-0.1, -0.05) is 172 Å². The van der Waals surface area contributed by atoms with E-state index in [1.165, 1.54) is 16.7 Å². The molecule has 0 N–H and O–H groups in total. The quantitative estimate of drug-likeness (QED) is 0.155. The zero-order valence-electron chi connectivity index (χ0n) is 47.2. The van der Waals surface area contributed by atoms with Crippen molar-refractivity contribution in [3.05, 3.63) is 223 Å². The molecule has 9 aromatic carbocycles. The van der Waals surface area contributed by atoms with Crippen LogP contribution in [0.3, 0.4) is 0 Å². The molecule has 0 bridgehead atoms. The fraction of sp³-hybridized carbons (Fsp3) is 0.162. The molecule has 81 heavy (non-hydrogen) atoms. The minimum absolute atomic E-state index is 0.135. The van der Waals surface area contributed by atoms with Gasteiger partial charge in [0, 0.05) is 55.2 Å². The van der Waals surface area contributed by atoms with Crippen LogP contribution in [-0.4, -0.2) is 6.71 Å². The second-order valence-electron chi connectivity index (χ2n) is 25.3. The lowest BCUT2D eigenvalue weighted by Crippen LogP contribution is -2.60. The van der Waals surface area contributed by atoms with Crippen molar-refractivity contribution in [1.29, 1.82) is 0 Å². The van der Waals surface area contributed by atoms with Crippen molar-refractivity contribution in [1.82, 2.24) is 0 Å². The lowest BCUT2D eigenvalue weighted by Gasteiger charge is -2.42. The molecule has 0 spiro atoms. The van der Waals surface area contributed by atoms with Gasteiger partial charge in [-0.3, -0.25) is 0 Å². The Morgan fingerprint density at radius 1 is 0.321 bits per heavy atom. The van der Waals surface area contributed by atoms with E-state index in [-0.39, 0.29) is 16.2 Å². The highest BCUT2D eigenvalue weighted by atomic mass is 16.4. The fourth-order valence-electron chi connectivity index (χ4n) is 12.6. The van der Waals surface area contributed by atoms with E-state index in [4.69, 9.17) is 17.7 Å². The molecule has 4 aromatic heterocycles. The smallest absolute Gasteiger partial charge is 0.342 e. The normalized spacial score (nSPS) is 13.4. The maximum Gasteiger partial charge on any atom is 0.342 e. The molecule has 6 nitrogen and oxygen atoms in total. The molecule has 394 valence electrons. The second-order valence-corrected chi connectivity index (χ2v) is 25.3. The first-order valence-electron chi connectivity index (χ1n) is 28.3. The Kier molecular flexibility index (Phi) is 10.7. The summed E-state index contributed by atoms with van der Waals surface area (Å²) in [5.41, 5.74) is 21.8. The lowest BCUT2D eigenvalue weighted by molar-refractivity contribution is 0.590. The maximum absolute atomic E-state index is 7.54.